The summed E-state index contributed by atoms with van der Waals surface area (Å²) in [7, 11) is 0. The van der Waals surface area contributed by atoms with Gasteiger partial charge in [-0.3, -0.25) is 4.79 Å². The lowest BCUT2D eigenvalue weighted by atomic mass is 9.84. The Morgan fingerprint density at radius 3 is 2.53 bits per heavy atom. The number of nitrogens with zero attached hydrogens (tertiary/aromatic N) is 1. The van der Waals surface area contributed by atoms with E-state index in [-0.39, 0.29) is 30.8 Å². The van der Waals surface area contributed by atoms with Crippen molar-refractivity contribution in [1.29, 1.82) is 0 Å². The number of piperidine rings is 1. The highest BCUT2D eigenvalue weighted by atomic mass is 19.4. The Balaban J connectivity index is 1.95. The molecule has 2 aliphatic rings. The van der Waals surface area contributed by atoms with Crippen molar-refractivity contribution in [3.05, 3.63) is 0 Å². The minimum absolute atomic E-state index is 0.0194. The Morgan fingerprint density at radius 2 is 1.89 bits per heavy atom. The molecule has 1 amide bonds. The Kier molecular flexibility index (Phi) is 4.38. The van der Waals surface area contributed by atoms with Crippen molar-refractivity contribution in [2.75, 3.05) is 13.1 Å². The normalized spacial score (nSPS) is 33.3. The van der Waals surface area contributed by atoms with E-state index in [0.29, 0.717) is 19.4 Å². The zero-order valence-electron chi connectivity index (χ0n) is 11.0. The summed E-state index contributed by atoms with van der Waals surface area (Å²) in [5.74, 6) is -1.65. The first-order valence-corrected chi connectivity index (χ1v) is 6.99. The van der Waals surface area contributed by atoms with E-state index in [1.807, 2.05) is 0 Å². The van der Waals surface area contributed by atoms with Gasteiger partial charge in [-0.15, -0.1) is 0 Å². The fraction of sp³-hybridized carbons (Fsp3) is 0.923. The maximum Gasteiger partial charge on any atom is 0.393 e. The number of hydrogen-bond acceptors (Lipinski definition) is 2. The number of amides is 1. The lowest BCUT2D eigenvalue weighted by molar-refractivity contribution is -0.188. The van der Waals surface area contributed by atoms with E-state index in [9.17, 15) is 18.0 Å². The monoisotopic (exact) mass is 278 g/mol. The van der Waals surface area contributed by atoms with Gasteiger partial charge in [0.15, 0.2) is 0 Å². The minimum atomic E-state index is -4.19. The van der Waals surface area contributed by atoms with Gasteiger partial charge in [0.25, 0.3) is 0 Å². The lowest BCUT2D eigenvalue weighted by Crippen LogP contribution is -2.48. The smallest absolute Gasteiger partial charge is 0.342 e. The predicted molar refractivity (Wildman–Crippen MR) is 65.3 cm³/mol. The van der Waals surface area contributed by atoms with E-state index >= 15 is 0 Å². The second kappa shape index (κ2) is 5.69. The second-order valence-corrected chi connectivity index (χ2v) is 5.79. The van der Waals surface area contributed by atoms with Gasteiger partial charge in [0.1, 0.15) is 0 Å². The summed E-state index contributed by atoms with van der Waals surface area (Å²) in [6.07, 6.45) is -0.428. The van der Waals surface area contributed by atoms with Crippen LogP contribution in [0.2, 0.25) is 0 Å². The molecule has 1 heterocycles. The molecule has 0 aromatic rings. The zero-order chi connectivity index (χ0) is 14.0. The van der Waals surface area contributed by atoms with Crippen LogP contribution in [-0.2, 0) is 4.79 Å². The largest absolute Gasteiger partial charge is 0.393 e. The van der Waals surface area contributed by atoms with Crippen molar-refractivity contribution >= 4 is 5.91 Å². The van der Waals surface area contributed by atoms with Gasteiger partial charge in [0.2, 0.25) is 5.91 Å². The molecule has 3 nitrogen and oxygen atoms in total. The SMILES string of the molecule is NC1CCCC(C(=O)N2CCCC(C(F)(F)F)C2)C1. The highest BCUT2D eigenvalue weighted by Crippen LogP contribution is 2.34. The van der Waals surface area contributed by atoms with Crippen molar-refractivity contribution < 1.29 is 18.0 Å². The van der Waals surface area contributed by atoms with Crippen LogP contribution in [0, 0.1) is 11.8 Å². The topological polar surface area (TPSA) is 46.3 Å². The van der Waals surface area contributed by atoms with Gasteiger partial charge < -0.3 is 10.6 Å². The maximum atomic E-state index is 12.7. The van der Waals surface area contributed by atoms with Gasteiger partial charge in [0, 0.05) is 25.0 Å². The van der Waals surface area contributed by atoms with Gasteiger partial charge in [-0.2, -0.15) is 13.2 Å². The zero-order valence-corrected chi connectivity index (χ0v) is 11.0. The van der Waals surface area contributed by atoms with Crippen molar-refractivity contribution in [1.82, 2.24) is 4.90 Å². The lowest BCUT2D eigenvalue weighted by Gasteiger charge is -2.37. The number of likely N-dealkylation sites (tertiary alicyclic amines) is 1. The van der Waals surface area contributed by atoms with Gasteiger partial charge in [0.05, 0.1) is 5.92 Å². The average Bonchev–Trinajstić information content (AvgIpc) is 2.37. The molecule has 0 spiro atoms. The van der Waals surface area contributed by atoms with E-state index in [1.165, 1.54) is 4.90 Å². The summed E-state index contributed by atoms with van der Waals surface area (Å²) in [6, 6.07) is 0.0194. The molecule has 0 bridgehead atoms. The molecule has 1 saturated carbocycles. The molecule has 2 N–H and O–H groups in total. The summed E-state index contributed by atoms with van der Waals surface area (Å²) in [5, 5.41) is 0. The number of carbonyl (C=O) groups excluding carboxylic acids is 1. The van der Waals surface area contributed by atoms with Crippen molar-refractivity contribution in [3.63, 3.8) is 0 Å². The van der Waals surface area contributed by atoms with Gasteiger partial charge in [-0.05, 0) is 32.1 Å². The number of nitrogens with two attached hydrogens (primary N) is 1. The van der Waals surface area contributed by atoms with Crippen LogP contribution in [0.3, 0.4) is 0 Å². The Hall–Kier alpha value is -0.780. The second-order valence-electron chi connectivity index (χ2n) is 5.79. The number of halogens is 3. The highest BCUT2D eigenvalue weighted by Gasteiger charge is 2.43. The third-order valence-electron chi connectivity index (χ3n) is 4.26. The third-order valence-corrected chi connectivity index (χ3v) is 4.26. The van der Waals surface area contributed by atoms with Gasteiger partial charge in [-0.25, -0.2) is 0 Å². The molecule has 6 heteroatoms. The minimum Gasteiger partial charge on any atom is -0.342 e. The molecule has 2 rings (SSSR count). The summed E-state index contributed by atoms with van der Waals surface area (Å²) >= 11 is 0. The molecular weight excluding hydrogens is 257 g/mol. The number of alkyl halides is 3. The standard InChI is InChI=1S/C13H21F3N2O/c14-13(15,16)10-4-2-6-18(8-10)12(19)9-3-1-5-11(17)7-9/h9-11H,1-8,17H2. The molecule has 3 atom stereocenters. The number of rotatable bonds is 1. The highest BCUT2D eigenvalue weighted by molar-refractivity contribution is 5.79. The first kappa shape index (κ1) is 14.6. The molecular formula is C13H21F3N2O. The van der Waals surface area contributed by atoms with Crippen LogP contribution in [0.4, 0.5) is 13.2 Å². The number of carbonyl (C=O) groups is 1. The maximum absolute atomic E-state index is 12.7. The van der Waals surface area contributed by atoms with Crippen LogP contribution < -0.4 is 5.73 Å². The Labute approximate surface area is 111 Å². The fourth-order valence-electron chi connectivity index (χ4n) is 3.15. The number of hydrogen-bond donors (Lipinski definition) is 1. The molecule has 0 aromatic heterocycles. The van der Waals surface area contributed by atoms with E-state index in [2.05, 4.69) is 0 Å². The van der Waals surface area contributed by atoms with Crippen LogP contribution in [0.5, 0.6) is 0 Å². The van der Waals surface area contributed by atoms with Crippen molar-refractivity contribution in [2.24, 2.45) is 17.6 Å². The summed E-state index contributed by atoms with van der Waals surface area (Å²) < 4.78 is 38.2. The van der Waals surface area contributed by atoms with E-state index in [4.69, 9.17) is 5.73 Å². The van der Waals surface area contributed by atoms with Crippen LogP contribution >= 0.6 is 0 Å². The average molecular weight is 278 g/mol. The summed E-state index contributed by atoms with van der Waals surface area (Å²) in [5.41, 5.74) is 5.84. The molecule has 1 aliphatic carbocycles. The first-order valence-electron chi connectivity index (χ1n) is 6.99. The Bertz CT molecular complexity index is 332. The predicted octanol–water partition coefficient (Wildman–Crippen LogP) is 2.30. The molecule has 1 saturated heterocycles. The summed E-state index contributed by atoms with van der Waals surface area (Å²) in [4.78, 5) is 13.7. The molecule has 2 fully saturated rings. The molecule has 110 valence electrons. The van der Waals surface area contributed by atoms with Crippen LogP contribution in [0.1, 0.15) is 38.5 Å². The fourth-order valence-corrected chi connectivity index (χ4v) is 3.15. The van der Waals surface area contributed by atoms with Crippen molar-refractivity contribution in [3.8, 4) is 0 Å². The van der Waals surface area contributed by atoms with Crippen molar-refractivity contribution in [2.45, 2.75) is 50.7 Å². The molecule has 0 radical (unpaired) electrons. The first-order chi connectivity index (χ1) is 8.88. The van der Waals surface area contributed by atoms with E-state index < -0.39 is 12.1 Å². The third kappa shape index (κ3) is 3.61. The van der Waals surface area contributed by atoms with Crippen LogP contribution in [0.25, 0.3) is 0 Å². The van der Waals surface area contributed by atoms with E-state index in [1.54, 1.807) is 0 Å². The van der Waals surface area contributed by atoms with Gasteiger partial charge >= 0.3 is 6.18 Å². The van der Waals surface area contributed by atoms with Crippen LogP contribution in [-0.4, -0.2) is 36.1 Å². The Morgan fingerprint density at radius 1 is 1.16 bits per heavy atom. The molecule has 1 aliphatic heterocycles. The molecule has 19 heavy (non-hydrogen) atoms. The molecule has 0 aromatic carbocycles. The van der Waals surface area contributed by atoms with E-state index in [0.717, 1.165) is 19.3 Å². The van der Waals surface area contributed by atoms with Crippen LogP contribution in [0.15, 0.2) is 0 Å². The summed E-state index contributed by atoms with van der Waals surface area (Å²) in [6.45, 7) is 0.283. The molecule has 3 unspecified atom stereocenters. The quantitative estimate of drug-likeness (QED) is 0.800. The van der Waals surface area contributed by atoms with Gasteiger partial charge in [-0.1, -0.05) is 6.42 Å².